The molecule has 23 heavy (non-hydrogen) atoms. The van der Waals surface area contributed by atoms with E-state index in [0.717, 1.165) is 22.3 Å². The van der Waals surface area contributed by atoms with Gasteiger partial charge in [-0.05, 0) is 51.8 Å². The molecule has 1 N–H and O–H groups in total. The number of rotatable bonds is 3. The SMILES string of the molecule is CC(C)=CCc1c2c(cc3ccc(=O)oc13)CC(C(C)(C)O)O2. The Bertz CT molecular complexity index is 833. The smallest absolute Gasteiger partial charge is 0.336 e. The zero-order chi connectivity index (χ0) is 16.8. The van der Waals surface area contributed by atoms with E-state index in [9.17, 15) is 9.90 Å². The van der Waals surface area contributed by atoms with Crippen LogP contribution in [0.2, 0.25) is 0 Å². The fraction of sp³-hybridized carbons (Fsp3) is 0.421. The molecule has 4 heteroatoms. The molecule has 0 saturated carbocycles. The Labute approximate surface area is 135 Å². The van der Waals surface area contributed by atoms with Crippen molar-refractivity contribution in [3.8, 4) is 5.75 Å². The normalized spacial score (nSPS) is 17.0. The molecule has 122 valence electrons. The van der Waals surface area contributed by atoms with Crippen LogP contribution in [0.1, 0.15) is 38.8 Å². The van der Waals surface area contributed by atoms with Crippen LogP contribution in [0.3, 0.4) is 0 Å². The number of hydrogen-bond acceptors (Lipinski definition) is 4. The number of benzene rings is 1. The van der Waals surface area contributed by atoms with Crippen molar-refractivity contribution in [1.82, 2.24) is 0 Å². The van der Waals surface area contributed by atoms with E-state index in [1.807, 2.05) is 19.9 Å². The summed E-state index contributed by atoms with van der Waals surface area (Å²) in [7, 11) is 0. The molecular formula is C19H22O4. The van der Waals surface area contributed by atoms with Gasteiger partial charge >= 0.3 is 5.63 Å². The summed E-state index contributed by atoms with van der Waals surface area (Å²) in [5, 5.41) is 11.2. The molecule has 0 aliphatic carbocycles. The van der Waals surface area contributed by atoms with Gasteiger partial charge < -0.3 is 14.3 Å². The monoisotopic (exact) mass is 314 g/mol. The van der Waals surface area contributed by atoms with Crippen LogP contribution in [0, 0.1) is 0 Å². The van der Waals surface area contributed by atoms with E-state index >= 15 is 0 Å². The maximum absolute atomic E-state index is 11.6. The third-order valence-electron chi connectivity index (χ3n) is 4.20. The maximum Gasteiger partial charge on any atom is 0.336 e. The number of aliphatic hydroxyl groups is 1. The minimum atomic E-state index is -0.931. The van der Waals surface area contributed by atoms with Crippen molar-refractivity contribution in [2.24, 2.45) is 0 Å². The van der Waals surface area contributed by atoms with Crippen LogP contribution >= 0.6 is 0 Å². The molecule has 1 atom stereocenters. The highest BCUT2D eigenvalue weighted by Crippen LogP contribution is 2.40. The van der Waals surface area contributed by atoms with E-state index in [4.69, 9.17) is 9.15 Å². The number of ether oxygens (including phenoxy) is 1. The quantitative estimate of drug-likeness (QED) is 0.697. The summed E-state index contributed by atoms with van der Waals surface area (Å²) in [6.07, 6.45) is 3.07. The molecule has 0 amide bonds. The predicted octanol–water partition coefficient (Wildman–Crippen LogP) is 3.38. The second-order valence-electron chi connectivity index (χ2n) is 6.97. The molecule has 3 rings (SSSR count). The van der Waals surface area contributed by atoms with Crippen molar-refractivity contribution in [3.05, 3.63) is 51.4 Å². The molecular weight excluding hydrogens is 292 g/mol. The molecule has 2 aromatic rings. The number of allylic oxidation sites excluding steroid dienone is 2. The van der Waals surface area contributed by atoms with Crippen LogP contribution in [0.4, 0.5) is 0 Å². The van der Waals surface area contributed by atoms with Crippen LogP contribution in [0.25, 0.3) is 11.0 Å². The summed E-state index contributed by atoms with van der Waals surface area (Å²) in [5.74, 6) is 0.747. The van der Waals surface area contributed by atoms with Crippen molar-refractivity contribution in [1.29, 1.82) is 0 Å². The first-order valence-electron chi connectivity index (χ1n) is 7.86. The van der Waals surface area contributed by atoms with Crippen LogP contribution in [-0.2, 0) is 12.8 Å². The molecule has 0 fully saturated rings. The summed E-state index contributed by atoms with van der Waals surface area (Å²) in [6.45, 7) is 7.56. The molecule has 1 aromatic heterocycles. The lowest BCUT2D eigenvalue weighted by atomic mass is 9.95. The van der Waals surface area contributed by atoms with Crippen LogP contribution in [0.5, 0.6) is 5.75 Å². The first-order chi connectivity index (χ1) is 10.8. The fourth-order valence-electron chi connectivity index (χ4n) is 2.89. The van der Waals surface area contributed by atoms with E-state index in [0.29, 0.717) is 18.4 Å². The van der Waals surface area contributed by atoms with E-state index in [1.165, 1.54) is 11.6 Å². The molecule has 1 unspecified atom stereocenters. The molecule has 1 aromatic carbocycles. The molecule has 0 spiro atoms. The fourth-order valence-corrected chi connectivity index (χ4v) is 2.89. The molecule has 0 bridgehead atoms. The van der Waals surface area contributed by atoms with Gasteiger partial charge in [0.15, 0.2) is 0 Å². The van der Waals surface area contributed by atoms with Crippen molar-refractivity contribution in [3.63, 3.8) is 0 Å². The van der Waals surface area contributed by atoms with E-state index in [-0.39, 0.29) is 11.7 Å². The van der Waals surface area contributed by atoms with Gasteiger partial charge in [0.25, 0.3) is 0 Å². The second-order valence-corrected chi connectivity index (χ2v) is 6.97. The van der Waals surface area contributed by atoms with E-state index in [2.05, 4.69) is 6.08 Å². The lowest BCUT2D eigenvalue weighted by molar-refractivity contribution is -0.0231. The van der Waals surface area contributed by atoms with Gasteiger partial charge in [-0.2, -0.15) is 0 Å². The van der Waals surface area contributed by atoms with Gasteiger partial charge in [-0.15, -0.1) is 0 Å². The molecule has 4 nitrogen and oxygen atoms in total. The third kappa shape index (κ3) is 3.04. The highest BCUT2D eigenvalue weighted by atomic mass is 16.5. The lowest BCUT2D eigenvalue weighted by Crippen LogP contribution is -2.39. The third-order valence-corrected chi connectivity index (χ3v) is 4.20. The Morgan fingerprint density at radius 2 is 2.13 bits per heavy atom. The lowest BCUT2D eigenvalue weighted by Gasteiger charge is -2.24. The molecule has 0 radical (unpaired) electrons. The standard InChI is InChI=1S/C19H22O4/c1-11(2)5-7-14-17-12(6-8-16(20)23-17)9-13-10-15(19(3,4)21)22-18(13)14/h5-6,8-9,15,21H,7,10H2,1-4H3. The molecule has 2 heterocycles. The van der Waals surface area contributed by atoms with E-state index in [1.54, 1.807) is 19.9 Å². The zero-order valence-electron chi connectivity index (χ0n) is 14.0. The summed E-state index contributed by atoms with van der Waals surface area (Å²) >= 11 is 0. The molecule has 0 saturated heterocycles. The Morgan fingerprint density at radius 1 is 1.39 bits per heavy atom. The van der Waals surface area contributed by atoms with Gasteiger partial charge in [0.05, 0.1) is 5.60 Å². The summed E-state index contributed by atoms with van der Waals surface area (Å²) in [4.78, 5) is 11.6. The first-order valence-corrected chi connectivity index (χ1v) is 7.86. The highest BCUT2D eigenvalue weighted by Gasteiger charge is 2.36. The predicted molar refractivity (Wildman–Crippen MR) is 90.0 cm³/mol. The van der Waals surface area contributed by atoms with Crippen LogP contribution in [-0.4, -0.2) is 16.8 Å². The highest BCUT2D eigenvalue weighted by molar-refractivity contribution is 5.84. The summed E-state index contributed by atoms with van der Waals surface area (Å²) in [6, 6.07) is 5.21. The minimum Gasteiger partial charge on any atom is -0.486 e. The average Bonchev–Trinajstić information content (AvgIpc) is 2.87. The Balaban J connectivity index is 2.19. The van der Waals surface area contributed by atoms with Gasteiger partial charge in [0.1, 0.15) is 17.4 Å². The largest absolute Gasteiger partial charge is 0.486 e. The first kappa shape index (κ1) is 15.8. The Morgan fingerprint density at radius 3 is 2.78 bits per heavy atom. The van der Waals surface area contributed by atoms with Gasteiger partial charge in [-0.1, -0.05) is 11.6 Å². The summed E-state index contributed by atoms with van der Waals surface area (Å²) < 4.78 is 11.5. The van der Waals surface area contributed by atoms with Gasteiger partial charge in [-0.25, -0.2) is 4.79 Å². The van der Waals surface area contributed by atoms with Crippen molar-refractivity contribution >= 4 is 11.0 Å². The van der Waals surface area contributed by atoms with Gasteiger partial charge in [0, 0.05) is 23.4 Å². The summed E-state index contributed by atoms with van der Waals surface area (Å²) in [5.41, 5.74) is 2.39. The molecule has 1 aliphatic heterocycles. The van der Waals surface area contributed by atoms with Crippen molar-refractivity contribution < 1.29 is 14.3 Å². The van der Waals surface area contributed by atoms with Crippen LogP contribution in [0.15, 0.2) is 39.1 Å². The second kappa shape index (κ2) is 5.53. The van der Waals surface area contributed by atoms with E-state index < -0.39 is 5.60 Å². The van der Waals surface area contributed by atoms with Gasteiger partial charge in [-0.3, -0.25) is 0 Å². The Kier molecular flexibility index (Phi) is 3.80. The zero-order valence-corrected chi connectivity index (χ0v) is 14.0. The topological polar surface area (TPSA) is 59.7 Å². The van der Waals surface area contributed by atoms with Crippen molar-refractivity contribution in [2.75, 3.05) is 0 Å². The molecule has 1 aliphatic rings. The Hall–Kier alpha value is -2.07. The minimum absolute atomic E-state index is 0.300. The van der Waals surface area contributed by atoms with Gasteiger partial charge in [0.2, 0.25) is 0 Å². The maximum atomic E-state index is 11.6. The van der Waals surface area contributed by atoms with Crippen molar-refractivity contribution in [2.45, 2.75) is 52.2 Å². The van der Waals surface area contributed by atoms with Crippen LogP contribution < -0.4 is 10.4 Å². The average molecular weight is 314 g/mol. The number of hydrogen-bond donors (Lipinski definition) is 1. The number of fused-ring (bicyclic) bond motifs is 2.